The molecule has 0 amide bonds. The molecule has 4 nitrogen and oxygen atoms in total. The number of imidazole rings is 1. The Balaban J connectivity index is 1.46. The Morgan fingerprint density at radius 3 is 2.45 bits per heavy atom. The minimum Gasteiger partial charge on any atom is -0.492 e. The Morgan fingerprint density at radius 1 is 0.935 bits per heavy atom. The van der Waals surface area contributed by atoms with Gasteiger partial charge in [-0.25, -0.2) is 4.98 Å². The SMILES string of the molecule is CCC(C)c1ccc(OCCn2c(COc3ccccc3Cl)nc3ccccc32)cc1. The topological polar surface area (TPSA) is 36.3 Å². The van der Waals surface area contributed by atoms with Crippen LogP contribution in [0, 0.1) is 0 Å². The first-order valence-corrected chi connectivity index (χ1v) is 11.1. The fraction of sp³-hybridized carbons (Fsp3) is 0.269. The van der Waals surface area contributed by atoms with E-state index in [0.29, 0.717) is 36.4 Å². The molecule has 160 valence electrons. The lowest BCUT2D eigenvalue weighted by molar-refractivity contribution is 0.272. The van der Waals surface area contributed by atoms with Gasteiger partial charge in [-0.2, -0.15) is 0 Å². The minimum absolute atomic E-state index is 0.335. The van der Waals surface area contributed by atoms with Crippen molar-refractivity contribution in [3.05, 3.63) is 89.2 Å². The van der Waals surface area contributed by atoms with Gasteiger partial charge in [0.15, 0.2) is 0 Å². The number of benzene rings is 3. The first-order valence-electron chi connectivity index (χ1n) is 10.7. The summed E-state index contributed by atoms with van der Waals surface area (Å²) in [5.74, 6) is 2.94. The molecule has 0 N–H and O–H groups in total. The third-order valence-corrected chi connectivity index (χ3v) is 5.88. The summed E-state index contributed by atoms with van der Waals surface area (Å²) in [6.07, 6.45) is 1.13. The number of aromatic nitrogens is 2. The second-order valence-electron chi connectivity index (χ2n) is 7.61. The molecule has 0 radical (unpaired) electrons. The molecule has 3 aromatic carbocycles. The zero-order valence-electron chi connectivity index (χ0n) is 17.9. The number of nitrogens with zero attached hydrogens (tertiary/aromatic N) is 2. The van der Waals surface area contributed by atoms with Gasteiger partial charge in [-0.3, -0.25) is 0 Å². The van der Waals surface area contributed by atoms with Crippen molar-refractivity contribution in [1.29, 1.82) is 0 Å². The molecule has 0 spiro atoms. The van der Waals surface area contributed by atoms with E-state index in [9.17, 15) is 0 Å². The summed E-state index contributed by atoms with van der Waals surface area (Å²) in [6, 6.07) is 24.0. The van der Waals surface area contributed by atoms with Crippen LogP contribution in [0.5, 0.6) is 11.5 Å². The highest BCUT2D eigenvalue weighted by Crippen LogP contribution is 2.25. The lowest BCUT2D eigenvalue weighted by Crippen LogP contribution is -2.13. The molecule has 1 aromatic heterocycles. The first kappa shape index (κ1) is 21.3. The normalized spacial score (nSPS) is 12.1. The van der Waals surface area contributed by atoms with Gasteiger partial charge in [0.2, 0.25) is 0 Å². The Kier molecular flexibility index (Phi) is 6.78. The molecule has 0 aliphatic rings. The highest BCUT2D eigenvalue weighted by molar-refractivity contribution is 6.32. The van der Waals surface area contributed by atoms with Gasteiger partial charge in [0.05, 0.1) is 22.6 Å². The number of hydrogen-bond acceptors (Lipinski definition) is 3. The second-order valence-corrected chi connectivity index (χ2v) is 8.02. The number of fused-ring (bicyclic) bond motifs is 1. The van der Waals surface area contributed by atoms with E-state index in [0.717, 1.165) is 29.0 Å². The van der Waals surface area contributed by atoms with Gasteiger partial charge in [0, 0.05) is 0 Å². The molecule has 0 saturated heterocycles. The van der Waals surface area contributed by atoms with Crippen LogP contribution in [0.2, 0.25) is 5.02 Å². The van der Waals surface area contributed by atoms with E-state index >= 15 is 0 Å². The Labute approximate surface area is 188 Å². The molecule has 0 bridgehead atoms. The molecule has 0 aliphatic heterocycles. The van der Waals surface area contributed by atoms with Crippen LogP contribution in [-0.4, -0.2) is 16.2 Å². The third kappa shape index (κ3) is 5.02. The average Bonchev–Trinajstić information content (AvgIpc) is 3.16. The van der Waals surface area contributed by atoms with E-state index in [1.165, 1.54) is 5.56 Å². The van der Waals surface area contributed by atoms with E-state index in [4.69, 9.17) is 26.1 Å². The maximum atomic E-state index is 6.23. The third-order valence-electron chi connectivity index (χ3n) is 5.57. The maximum absolute atomic E-state index is 6.23. The van der Waals surface area contributed by atoms with Crippen LogP contribution in [0.1, 0.15) is 37.6 Å². The van der Waals surface area contributed by atoms with Crippen molar-refractivity contribution in [2.45, 2.75) is 39.3 Å². The summed E-state index contributed by atoms with van der Waals surface area (Å²) in [5, 5.41) is 0.592. The van der Waals surface area contributed by atoms with Crippen molar-refractivity contribution in [2.24, 2.45) is 0 Å². The zero-order valence-corrected chi connectivity index (χ0v) is 18.7. The van der Waals surface area contributed by atoms with E-state index in [1.54, 1.807) is 0 Å². The predicted octanol–water partition coefficient (Wildman–Crippen LogP) is 6.86. The molecule has 0 aliphatic carbocycles. The highest BCUT2D eigenvalue weighted by Gasteiger charge is 2.12. The smallest absolute Gasteiger partial charge is 0.148 e. The molecule has 5 heteroatoms. The molecule has 4 aromatic rings. The molecule has 1 heterocycles. The van der Waals surface area contributed by atoms with Crippen molar-refractivity contribution in [3.8, 4) is 11.5 Å². The molecule has 0 saturated carbocycles. The van der Waals surface area contributed by atoms with Crippen LogP contribution in [0.25, 0.3) is 11.0 Å². The fourth-order valence-electron chi connectivity index (χ4n) is 3.57. The number of para-hydroxylation sites is 3. The molecule has 0 fully saturated rings. The number of halogens is 1. The van der Waals surface area contributed by atoms with Crippen molar-refractivity contribution < 1.29 is 9.47 Å². The lowest BCUT2D eigenvalue weighted by Gasteiger charge is -2.13. The van der Waals surface area contributed by atoms with Crippen molar-refractivity contribution in [3.63, 3.8) is 0 Å². The predicted molar refractivity (Wildman–Crippen MR) is 126 cm³/mol. The van der Waals surface area contributed by atoms with Gasteiger partial charge in [-0.15, -0.1) is 0 Å². The Morgan fingerprint density at radius 2 is 1.68 bits per heavy atom. The molecule has 4 rings (SSSR count). The summed E-state index contributed by atoms with van der Waals surface area (Å²) in [5.41, 5.74) is 3.35. The van der Waals surface area contributed by atoms with Gasteiger partial charge in [-0.1, -0.05) is 61.8 Å². The van der Waals surface area contributed by atoms with E-state index in [2.05, 4.69) is 48.7 Å². The lowest BCUT2D eigenvalue weighted by atomic mass is 9.99. The van der Waals surface area contributed by atoms with E-state index in [-0.39, 0.29) is 0 Å². The van der Waals surface area contributed by atoms with E-state index in [1.807, 2.05) is 42.5 Å². The van der Waals surface area contributed by atoms with Gasteiger partial charge in [-0.05, 0) is 54.3 Å². The molecular formula is C26H27ClN2O2. The molecule has 1 atom stereocenters. The van der Waals surface area contributed by atoms with Crippen molar-refractivity contribution >= 4 is 22.6 Å². The molecular weight excluding hydrogens is 408 g/mol. The maximum Gasteiger partial charge on any atom is 0.148 e. The monoisotopic (exact) mass is 434 g/mol. The van der Waals surface area contributed by atoms with Crippen LogP contribution < -0.4 is 9.47 Å². The van der Waals surface area contributed by atoms with Gasteiger partial charge in [0.1, 0.15) is 30.5 Å². The second kappa shape index (κ2) is 9.88. The van der Waals surface area contributed by atoms with Crippen LogP contribution in [0.4, 0.5) is 0 Å². The highest BCUT2D eigenvalue weighted by atomic mass is 35.5. The standard InChI is InChI=1S/C26H27ClN2O2/c1-3-19(2)20-12-14-21(15-13-20)30-17-16-29-24-10-6-5-9-23(24)28-26(29)18-31-25-11-7-4-8-22(25)27/h4-15,19H,3,16-18H2,1-2H3. The van der Waals surface area contributed by atoms with Crippen LogP contribution >= 0.6 is 11.6 Å². The Bertz CT molecular complexity index is 1140. The number of hydrogen-bond donors (Lipinski definition) is 0. The average molecular weight is 435 g/mol. The van der Waals surface area contributed by atoms with Gasteiger partial charge >= 0.3 is 0 Å². The Hall–Kier alpha value is -2.98. The van der Waals surface area contributed by atoms with Crippen LogP contribution in [0.15, 0.2) is 72.8 Å². The zero-order chi connectivity index (χ0) is 21.6. The fourth-order valence-corrected chi connectivity index (χ4v) is 3.76. The number of rotatable bonds is 9. The van der Waals surface area contributed by atoms with Gasteiger partial charge < -0.3 is 14.0 Å². The van der Waals surface area contributed by atoms with Crippen molar-refractivity contribution in [2.75, 3.05) is 6.61 Å². The first-order chi connectivity index (χ1) is 15.2. The largest absolute Gasteiger partial charge is 0.492 e. The summed E-state index contributed by atoms with van der Waals surface area (Å²) in [4.78, 5) is 4.76. The van der Waals surface area contributed by atoms with Crippen LogP contribution in [-0.2, 0) is 13.2 Å². The summed E-state index contributed by atoms with van der Waals surface area (Å²) in [7, 11) is 0. The summed E-state index contributed by atoms with van der Waals surface area (Å²) < 4.78 is 14.1. The summed E-state index contributed by atoms with van der Waals surface area (Å²) >= 11 is 6.23. The van der Waals surface area contributed by atoms with Crippen molar-refractivity contribution in [1.82, 2.24) is 9.55 Å². The van der Waals surface area contributed by atoms with E-state index < -0.39 is 0 Å². The van der Waals surface area contributed by atoms with Gasteiger partial charge in [0.25, 0.3) is 0 Å². The number of ether oxygens (including phenoxy) is 2. The molecule has 1 unspecified atom stereocenters. The summed E-state index contributed by atoms with van der Waals surface area (Å²) in [6.45, 7) is 6.00. The molecule has 31 heavy (non-hydrogen) atoms. The minimum atomic E-state index is 0.335. The van der Waals surface area contributed by atoms with Crippen LogP contribution in [0.3, 0.4) is 0 Å². The quantitative estimate of drug-likeness (QED) is 0.288.